The molecule has 4 nitrogen and oxygen atoms in total. The third-order valence-electron chi connectivity index (χ3n) is 3.59. The molecule has 0 bridgehead atoms. The van der Waals surface area contributed by atoms with Crippen molar-refractivity contribution in [2.45, 2.75) is 32.4 Å². The van der Waals surface area contributed by atoms with Gasteiger partial charge < -0.3 is 15.4 Å². The third kappa shape index (κ3) is 3.26. The van der Waals surface area contributed by atoms with Crippen LogP contribution in [0.1, 0.15) is 19.4 Å². The second kappa shape index (κ2) is 6.06. The first-order valence-electron chi connectivity index (χ1n) is 6.75. The quantitative estimate of drug-likeness (QED) is 0.870. The topological polar surface area (TPSA) is 50.4 Å². The van der Waals surface area contributed by atoms with Crippen LogP contribution in [0.5, 0.6) is 0 Å². The zero-order valence-electron chi connectivity index (χ0n) is 11.8. The molecule has 3 atom stereocenters. The molecular weight excluding hydrogens is 240 g/mol. The van der Waals surface area contributed by atoms with Crippen LogP contribution in [0.3, 0.4) is 0 Å². The van der Waals surface area contributed by atoms with Crippen molar-refractivity contribution in [2.24, 2.45) is 5.92 Å². The molecule has 1 aliphatic rings. The normalized spacial score (nSPS) is 23.1. The number of ether oxygens (including phenoxy) is 1. The van der Waals surface area contributed by atoms with Crippen molar-refractivity contribution in [3.8, 4) is 0 Å². The van der Waals surface area contributed by atoms with Gasteiger partial charge in [-0.3, -0.25) is 4.79 Å². The molecule has 2 rings (SSSR count). The zero-order chi connectivity index (χ0) is 13.8. The first-order valence-corrected chi connectivity index (χ1v) is 6.75. The molecule has 4 heteroatoms. The fourth-order valence-corrected chi connectivity index (χ4v) is 2.56. The van der Waals surface area contributed by atoms with Gasteiger partial charge >= 0.3 is 0 Å². The van der Waals surface area contributed by atoms with E-state index in [2.05, 4.69) is 29.7 Å². The maximum atomic E-state index is 12.3. The van der Waals surface area contributed by atoms with E-state index in [9.17, 15) is 4.79 Å². The summed E-state index contributed by atoms with van der Waals surface area (Å²) in [6, 6.07) is 8.35. The molecule has 104 valence electrons. The van der Waals surface area contributed by atoms with Crippen molar-refractivity contribution in [3.63, 3.8) is 0 Å². The lowest BCUT2D eigenvalue weighted by molar-refractivity contribution is -0.126. The van der Waals surface area contributed by atoms with E-state index in [1.165, 1.54) is 5.56 Å². The highest BCUT2D eigenvalue weighted by atomic mass is 16.5. The minimum absolute atomic E-state index is 0.0331. The van der Waals surface area contributed by atoms with Gasteiger partial charge in [-0.2, -0.15) is 0 Å². The lowest BCUT2D eigenvalue weighted by atomic mass is 9.87. The summed E-state index contributed by atoms with van der Waals surface area (Å²) in [6.45, 7) is 4.55. The molecule has 0 spiro atoms. The van der Waals surface area contributed by atoms with Gasteiger partial charge in [-0.05, 0) is 31.9 Å². The molecule has 2 N–H and O–H groups in total. The highest BCUT2D eigenvalue weighted by molar-refractivity contribution is 5.81. The van der Waals surface area contributed by atoms with E-state index in [1.54, 1.807) is 7.11 Å². The van der Waals surface area contributed by atoms with Crippen molar-refractivity contribution >= 4 is 11.6 Å². The molecular formula is C15H22N2O2. The number of hydrogen-bond donors (Lipinski definition) is 2. The molecule has 1 amide bonds. The molecule has 0 radical (unpaired) electrons. The fourth-order valence-electron chi connectivity index (χ4n) is 2.56. The molecule has 1 aromatic carbocycles. The monoisotopic (exact) mass is 262 g/mol. The third-order valence-corrected chi connectivity index (χ3v) is 3.59. The lowest BCUT2D eigenvalue weighted by Crippen LogP contribution is -2.47. The van der Waals surface area contributed by atoms with Crippen LogP contribution in [0.25, 0.3) is 0 Å². The van der Waals surface area contributed by atoms with Gasteiger partial charge in [-0.1, -0.05) is 18.2 Å². The molecule has 3 unspecified atom stereocenters. The first-order chi connectivity index (χ1) is 9.11. The van der Waals surface area contributed by atoms with Gasteiger partial charge in [0.1, 0.15) is 0 Å². The number of nitrogens with one attached hydrogen (secondary N) is 2. The average molecular weight is 262 g/mol. The number of benzene rings is 1. The number of fused-ring (bicyclic) bond motifs is 1. The predicted octanol–water partition coefficient (Wildman–Crippen LogP) is 1.81. The van der Waals surface area contributed by atoms with Crippen LogP contribution in [0.4, 0.5) is 5.69 Å². The number of para-hydroxylation sites is 1. The molecule has 1 heterocycles. The van der Waals surface area contributed by atoms with Crippen molar-refractivity contribution in [1.82, 2.24) is 5.32 Å². The summed E-state index contributed by atoms with van der Waals surface area (Å²) in [6.07, 6.45) is 0.788. The van der Waals surface area contributed by atoms with E-state index in [0.717, 1.165) is 12.1 Å². The van der Waals surface area contributed by atoms with E-state index >= 15 is 0 Å². The van der Waals surface area contributed by atoms with Gasteiger partial charge in [0.25, 0.3) is 0 Å². The largest absolute Gasteiger partial charge is 0.383 e. The summed E-state index contributed by atoms with van der Waals surface area (Å²) in [7, 11) is 1.64. The summed E-state index contributed by atoms with van der Waals surface area (Å²) in [4.78, 5) is 12.3. The minimum Gasteiger partial charge on any atom is -0.383 e. The summed E-state index contributed by atoms with van der Waals surface area (Å²) in [5.74, 6) is 0.0632. The Labute approximate surface area is 114 Å². The van der Waals surface area contributed by atoms with E-state index in [4.69, 9.17) is 4.74 Å². The molecule has 0 fully saturated rings. The number of carbonyl (C=O) groups excluding carboxylic acids is 1. The van der Waals surface area contributed by atoms with Gasteiger partial charge in [0.15, 0.2) is 0 Å². The molecule has 0 aliphatic carbocycles. The number of amides is 1. The standard InChI is InChI=1S/C15H22N2O2/c1-10(9-19-3)16-15(18)13-8-12-6-4-5-7-14(12)17-11(13)2/h4-7,10-11,13,17H,8-9H2,1-3H3,(H,16,18). The van der Waals surface area contributed by atoms with Crippen LogP contribution in [-0.2, 0) is 16.0 Å². The van der Waals surface area contributed by atoms with Gasteiger partial charge in [0.2, 0.25) is 5.91 Å². The van der Waals surface area contributed by atoms with Crippen LogP contribution in [0, 0.1) is 5.92 Å². The maximum Gasteiger partial charge on any atom is 0.225 e. The molecule has 0 saturated carbocycles. The van der Waals surface area contributed by atoms with Gasteiger partial charge in [-0.25, -0.2) is 0 Å². The Hall–Kier alpha value is -1.55. The first kappa shape index (κ1) is 13.9. The Morgan fingerprint density at radius 1 is 1.53 bits per heavy atom. The predicted molar refractivity (Wildman–Crippen MR) is 76.2 cm³/mol. The summed E-state index contributed by atoms with van der Waals surface area (Å²) >= 11 is 0. The second-order valence-electron chi connectivity index (χ2n) is 5.27. The van der Waals surface area contributed by atoms with E-state index in [-0.39, 0.29) is 23.9 Å². The maximum absolute atomic E-state index is 12.3. The Morgan fingerprint density at radius 2 is 2.26 bits per heavy atom. The van der Waals surface area contributed by atoms with Crippen LogP contribution in [-0.4, -0.2) is 31.7 Å². The highest BCUT2D eigenvalue weighted by Crippen LogP contribution is 2.28. The number of methoxy groups -OCH3 is 1. The van der Waals surface area contributed by atoms with Crippen LogP contribution >= 0.6 is 0 Å². The molecule has 19 heavy (non-hydrogen) atoms. The van der Waals surface area contributed by atoms with Crippen molar-refractivity contribution < 1.29 is 9.53 Å². The highest BCUT2D eigenvalue weighted by Gasteiger charge is 2.30. The Kier molecular flexibility index (Phi) is 4.43. The summed E-state index contributed by atoms with van der Waals surface area (Å²) in [5.41, 5.74) is 2.35. The molecule has 0 aromatic heterocycles. The van der Waals surface area contributed by atoms with E-state index in [1.807, 2.05) is 19.1 Å². The number of hydrogen-bond acceptors (Lipinski definition) is 3. The second-order valence-corrected chi connectivity index (χ2v) is 5.27. The van der Waals surface area contributed by atoms with Crippen LogP contribution in [0.2, 0.25) is 0 Å². The zero-order valence-corrected chi connectivity index (χ0v) is 11.8. The Morgan fingerprint density at radius 3 is 3.00 bits per heavy atom. The summed E-state index contributed by atoms with van der Waals surface area (Å²) < 4.78 is 5.04. The van der Waals surface area contributed by atoms with Gasteiger partial charge in [0.05, 0.1) is 12.5 Å². The van der Waals surface area contributed by atoms with E-state index < -0.39 is 0 Å². The molecule has 1 aromatic rings. The molecule has 1 aliphatic heterocycles. The number of carbonyl (C=O) groups is 1. The van der Waals surface area contributed by atoms with Crippen LogP contribution < -0.4 is 10.6 Å². The van der Waals surface area contributed by atoms with Gasteiger partial charge in [0, 0.05) is 24.9 Å². The van der Waals surface area contributed by atoms with Crippen LogP contribution in [0.15, 0.2) is 24.3 Å². The lowest BCUT2D eigenvalue weighted by Gasteiger charge is -2.32. The Bertz CT molecular complexity index is 448. The van der Waals surface area contributed by atoms with Crippen molar-refractivity contribution in [2.75, 3.05) is 19.0 Å². The van der Waals surface area contributed by atoms with E-state index in [0.29, 0.717) is 6.61 Å². The summed E-state index contributed by atoms with van der Waals surface area (Å²) in [5, 5.41) is 6.41. The number of anilines is 1. The smallest absolute Gasteiger partial charge is 0.225 e. The molecule has 0 saturated heterocycles. The number of rotatable bonds is 4. The van der Waals surface area contributed by atoms with Crippen molar-refractivity contribution in [3.05, 3.63) is 29.8 Å². The minimum atomic E-state index is -0.0331. The SMILES string of the molecule is COCC(C)NC(=O)C1Cc2ccccc2NC1C. The average Bonchev–Trinajstić information content (AvgIpc) is 2.38. The van der Waals surface area contributed by atoms with Gasteiger partial charge in [-0.15, -0.1) is 0 Å². The van der Waals surface area contributed by atoms with Crippen molar-refractivity contribution in [1.29, 1.82) is 0 Å². The Balaban J connectivity index is 2.03. The fraction of sp³-hybridized carbons (Fsp3) is 0.533.